The van der Waals surface area contributed by atoms with Gasteiger partial charge in [0.1, 0.15) is 10.6 Å². The lowest BCUT2D eigenvalue weighted by molar-refractivity contribution is 0.0512. The van der Waals surface area contributed by atoms with Gasteiger partial charge in [-0.3, -0.25) is 0 Å². The van der Waals surface area contributed by atoms with Crippen molar-refractivity contribution in [3.05, 3.63) is 35.2 Å². The van der Waals surface area contributed by atoms with E-state index in [1.807, 2.05) is 31.2 Å². The highest BCUT2D eigenvalue weighted by Crippen LogP contribution is 2.38. The van der Waals surface area contributed by atoms with E-state index >= 15 is 0 Å². The maximum Gasteiger partial charge on any atom is 0.350 e. The van der Waals surface area contributed by atoms with E-state index in [0.29, 0.717) is 17.2 Å². The Hall–Kier alpha value is -2.01. The van der Waals surface area contributed by atoms with Crippen molar-refractivity contribution >= 4 is 23.0 Å². The summed E-state index contributed by atoms with van der Waals surface area (Å²) in [4.78, 5) is 13.2. The molecule has 2 aromatic rings. The van der Waals surface area contributed by atoms with Crippen molar-refractivity contribution in [2.45, 2.75) is 13.3 Å². The van der Waals surface area contributed by atoms with E-state index < -0.39 is 0 Å². The third-order valence-electron chi connectivity index (χ3n) is 2.76. The predicted molar refractivity (Wildman–Crippen MR) is 81.3 cm³/mol. The molecule has 0 radical (unpaired) electrons. The van der Waals surface area contributed by atoms with Gasteiger partial charge in [0.05, 0.1) is 19.4 Å². The summed E-state index contributed by atoms with van der Waals surface area (Å²) in [5, 5.41) is 0. The molecule has 20 heavy (non-hydrogen) atoms. The van der Waals surface area contributed by atoms with Crippen LogP contribution in [0.5, 0.6) is 5.75 Å². The molecule has 2 rings (SSSR count). The van der Waals surface area contributed by atoms with E-state index in [4.69, 9.17) is 15.2 Å². The van der Waals surface area contributed by atoms with Crippen molar-refractivity contribution in [3.8, 4) is 16.2 Å². The fraction of sp³-hybridized carbons (Fsp3) is 0.267. The van der Waals surface area contributed by atoms with Crippen LogP contribution < -0.4 is 10.5 Å². The van der Waals surface area contributed by atoms with Gasteiger partial charge in [0, 0.05) is 10.4 Å². The molecule has 4 nitrogen and oxygen atoms in total. The topological polar surface area (TPSA) is 61.5 Å². The summed E-state index contributed by atoms with van der Waals surface area (Å²) in [5.74, 6) is 0.387. The molecule has 0 unspecified atom stereocenters. The summed E-state index contributed by atoms with van der Waals surface area (Å²) >= 11 is 1.32. The number of nitrogens with two attached hydrogens (primary N) is 1. The van der Waals surface area contributed by atoms with Crippen LogP contribution in [0, 0.1) is 0 Å². The van der Waals surface area contributed by atoms with Gasteiger partial charge in [-0.1, -0.05) is 19.1 Å². The van der Waals surface area contributed by atoms with Gasteiger partial charge in [0.2, 0.25) is 0 Å². The quantitative estimate of drug-likeness (QED) is 0.855. The second kappa shape index (κ2) is 6.43. The molecular weight excluding hydrogens is 274 g/mol. The minimum absolute atomic E-state index is 0.365. The Labute approximate surface area is 122 Å². The lowest BCUT2D eigenvalue weighted by Crippen LogP contribution is -2.05. The number of para-hydroxylation sites is 1. The van der Waals surface area contributed by atoms with E-state index in [9.17, 15) is 4.79 Å². The van der Waals surface area contributed by atoms with Gasteiger partial charge >= 0.3 is 5.97 Å². The average Bonchev–Trinajstić information content (AvgIpc) is 2.86. The summed E-state index contributed by atoms with van der Waals surface area (Å²) in [7, 11) is 1.62. The van der Waals surface area contributed by atoms with Crippen LogP contribution in [0.2, 0.25) is 0 Å². The van der Waals surface area contributed by atoms with E-state index in [1.54, 1.807) is 13.2 Å². The molecule has 2 N–H and O–H groups in total. The van der Waals surface area contributed by atoms with Gasteiger partial charge in [-0.2, -0.15) is 0 Å². The minimum atomic E-state index is -0.365. The zero-order valence-electron chi connectivity index (χ0n) is 11.5. The second-order valence-electron chi connectivity index (χ2n) is 4.23. The Kier molecular flexibility index (Phi) is 4.63. The molecule has 106 valence electrons. The maximum atomic E-state index is 11.9. The first-order chi connectivity index (χ1) is 9.67. The van der Waals surface area contributed by atoms with Crippen molar-refractivity contribution in [2.24, 2.45) is 0 Å². The van der Waals surface area contributed by atoms with Gasteiger partial charge in [-0.15, -0.1) is 11.3 Å². The number of benzene rings is 1. The number of carbonyl (C=O) groups excluding carboxylic acids is 1. The van der Waals surface area contributed by atoms with Crippen LogP contribution in [0.3, 0.4) is 0 Å². The molecule has 1 heterocycles. The van der Waals surface area contributed by atoms with Crippen LogP contribution >= 0.6 is 11.3 Å². The first kappa shape index (κ1) is 14.4. The Morgan fingerprint density at radius 3 is 2.80 bits per heavy atom. The van der Waals surface area contributed by atoms with Gasteiger partial charge in [-0.05, 0) is 24.6 Å². The van der Waals surface area contributed by atoms with Crippen LogP contribution in [0.25, 0.3) is 10.4 Å². The molecule has 1 aromatic heterocycles. The second-order valence-corrected chi connectivity index (χ2v) is 5.28. The Bertz CT molecular complexity index is 607. The Morgan fingerprint density at radius 1 is 1.35 bits per heavy atom. The molecule has 0 amide bonds. The molecule has 0 aliphatic carbocycles. The SMILES string of the molecule is CCCOC(=O)c1sc(-c2ccccc2OC)cc1N. The largest absolute Gasteiger partial charge is 0.496 e. The number of ether oxygens (including phenoxy) is 2. The third kappa shape index (κ3) is 2.93. The molecule has 0 spiro atoms. The van der Waals surface area contributed by atoms with Crippen molar-refractivity contribution in [1.82, 2.24) is 0 Å². The van der Waals surface area contributed by atoms with Crippen LogP contribution in [0.15, 0.2) is 30.3 Å². The third-order valence-corrected chi connectivity index (χ3v) is 3.92. The molecule has 5 heteroatoms. The Balaban J connectivity index is 2.33. The first-order valence-electron chi connectivity index (χ1n) is 6.37. The van der Waals surface area contributed by atoms with Crippen LogP contribution in [-0.2, 0) is 4.74 Å². The number of rotatable bonds is 5. The maximum absolute atomic E-state index is 11.9. The number of esters is 1. The minimum Gasteiger partial charge on any atom is -0.496 e. The fourth-order valence-electron chi connectivity index (χ4n) is 1.81. The number of methoxy groups -OCH3 is 1. The van der Waals surface area contributed by atoms with Gasteiger partial charge in [-0.25, -0.2) is 4.79 Å². The lowest BCUT2D eigenvalue weighted by Gasteiger charge is -2.05. The standard InChI is InChI=1S/C15H17NO3S/c1-3-8-19-15(17)14-11(16)9-13(20-14)10-6-4-5-7-12(10)18-2/h4-7,9H,3,8,16H2,1-2H3. The van der Waals surface area contributed by atoms with Gasteiger partial charge in [0.15, 0.2) is 0 Å². The van der Waals surface area contributed by atoms with Crippen LogP contribution in [0.1, 0.15) is 23.0 Å². The Morgan fingerprint density at radius 2 is 2.10 bits per heavy atom. The van der Waals surface area contributed by atoms with E-state index in [-0.39, 0.29) is 5.97 Å². The van der Waals surface area contributed by atoms with Crippen LogP contribution in [-0.4, -0.2) is 19.7 Å². The zero-order valence-corrected chi connectivity index (χ0v) is 12.3. The number of hydrogen-bond donors (Lipinski definition) is 1. The van der Waals surface area contributed by atoms with E-state index in [1.165, 1.54) is 11.3 Å². The zero-order chi connectivity index (χ0) is 14.5. The number of carbonyl (C=O) groups is 1. The number of nitrogen functional groups attached to an aromatic ring is 1. The van der Waals surface area contributed by atoms with Crippen molar-refractivity contribution in [1.29, 1.82) is 0 Å². The monoisotopic (exact) mass is 291 g/mol. The molecule has 0 aliphatic rings. The molecule has 0 atom stereocenters. The summed E-state index contributed by atoms with van der Waals surface area (Å²) < 4.78 is 10.4. The number of anilines is 1. The summed E-state index contributed by atoms with van der Waals surface area (Å²) in [6, 6.07) is 9.41. The smallest absolute Gasteiger partial charge is 0.350 e. The van der Waals surface area contributed by atoms with Gasteiger partial charge in [0.25, 0.3) is 0 Å². The molecule has 0 saturated carbocycles. The van der Waals surface area contributed by atoms with Gasteiger partial charge < -0.3 is 15.2 Å². The molecule has 0 saturated heterocycles. The van der Waals surface area contributed by atoms with Crippen molar-refractivity contribution in [2.75, 3.05) is 19.5 Å². The summed E-state index contributed by atoms with van der Waals surface area (Å²) in [6.45, 7) is 2.35. The molecule has 0 fully saturated rings. The number of hydrogen-bond acceptors (Lipinski definition) is 5. The van der Waals surface area contributed by atoms with E-state index in [0.717, 1.165) is 22.6 Å². The van der Waals surface area contributed by atoms with Crippen molar-refractivity contribution in [3.63, 3.8) is 0 Å². The lowest BCUT2D eigenvalue weighted by atomic mass is 10.1. The number of thiophene rings is 1. The van der Waals surface area contributed by atoms with Crippen LogP contribution in [0.4, 0.5) is 5.69 Å². The fourth-order valence-corrected chi connectivity index (χ4v) is 2.81. The van der Waals surface area contributed by atoms with Crippen molar-refractivity contribution < 1.29 is 14.3 Å². The summed E-state index contributed by atoms with van der Waals surface area (Å²) in [6.07, 6.45) is 0.788. The normalized spacial score (nSPS) is 10.3. The molecule has 0 aliphatic heterocycles. The predicted octanol–water partition coefficient (Wildman–Crippen LogP) is 3.57. The molecule has 0 bridgehead atoms. The average molecular weight is 291 g/mol. The van der Waals surface area contributed by atoms with E-state index in [2.05, 4.69) is 0 Å². The molecule has 1 aromatic carbocycles. The summed E-state index contributed by atoms with van der Waals surface area (Å²) in [5.41, 5.74) is 7.27. The highest BCUT2D eigenvalue weighted by molar-refractivity contribution is 7.18. The first-order valence-corrected chi connectivity index (χ1v) is 7.18. The molecular formula is C15H17NO3S. The highest BCUT2D eigenvalue weighted by atomic mass is 32.1. The highest BCUT2D eigenvalue weighted by Gasteiger charge is 2.18.